The average Bonchev–Trinajstić information content (AvgIpc) is 2.35. The quantitative estimate of drug-likeness (QED) is 0.846. The summed E-state index contributed by atoms with van der Waals surface area (Å²) >= 11 is 3.45. The van der Waals surface area contributed by atoms with Crippen LogP contribution in [-0.2, 0) is 4.79 Å². The Morgan fingerprint density at radius 2 is 2.00 bits per heavy atom. The molecule has 0 aliphatic carbocycles. The van der Waals surface area contributed by atoms with E-state index in [0.29, 0.717) is 11.8 Å². The topological polar surface area (TPSA) is 40.5 Å². The molecular weight excluding hydrogens is 318 g/mol. The second-order valence-electron chi connectivity index (χ2n) is 5.73. The van der Waals surface area contributed by atoms with Gasteiger partial charge in [-0.15, -0.1) is 0 Å². The highest BCUT2D eigenvalue weighted by molar-refractivity contribution is 9.10. The molecule has 0 radical (unpaired) electrons. The number of rotatable bonds is 3. The van der Waals surface area contributed by atoms with Gasteiger partial charge in [0.2, 0.25) is 0 Å². The SMILES string of the molecule is CC1CC(C)CN(c2ccc(Br)cc2/C=C/C(=O)O)C1. The Bertz CT molecular complexity index is 517. The van der Waals surface area contributed by atoms with Gasteiger partial charge in [0, 0.05) is 29.3 Å². The normalized spacial score (nSPS) is 23.2. The first kappa shape index (κ1) is 15.1. The molecule has 1 aliphatic rings. The van der Waals surface area contributed by atoms with Gasteiger partial charge >= 0.3 is 5.97 Å². The summed E-state index contributed by atoms with van der Waals surface area (Å²) in [5.74, 6) is 0.411. The van der Waals surface area contributed by atoms with E-state index in [1.54, 1.807) is 6.08 Å². The molecule has 1 saturated heterocycles. The number of carbonyl (C=O) groups is 1. The van der Waals surface area contributed by atoms with E-state index in [1.807, 2.05) is 12.1 Å². The van der Waals surface area contributed by atoms with Crippen molar-refractivity contribution in [2.24, 2.45) is 11.8 Å². The van der Waals surface area contributed by atoms with E-state index in [4.69, 9.17) is 5.11 Å². The Morgan fingerprint density at radius 1 is 1.35 bits per heavy atom. The van der Waals surface area contributed by atoms with Crippen LogP contribution in [0.25, 0.3) is 6.08 Å². The zero-order valence-electron chi connectivity index (χ0n) is 11.8. The molecule has 3 nitrogen and oxygen atoms in total. The van der Waals surface area contributed by atoms with Crippen molar-refractivity contribution in [1.82, 2.24) is 0 Å². The summed E-state index contributed by atoms with van der Waals surface area (Å²) in [6.45, 7) is 6.60. The third-order valence-electron chi connectivity index (χ3n) is 3.60. The van der Waals surface area contributed by atoms with Crippen LogP contribution in [0.15, 0.2) is 28.7 Å². The van der Waals surface area contributed by atoms with E-state index >= 15 is 0 Å². The molecule has 1 aliphatic heterocycles. The summed E-state index contributed by atoms with van der Waals surface area (Å²) in [7, 11) is 0. The van der Waals surface area contributed by atoms with Crippen molar-refractivity contribution >= 4 is 33.7 Å². The standard InChI is InChI=1S/C16H20BrNO2/c1-11-7-12(2)10-18(9-11)15-5-4-14(17)8-13(15)3-6-16(19)20/h3-6,8,11-12H,7,9-10H2,1-2H3,(H,19,20)/b6-3+. The molecule has 2 rings (SSSR count). The number of hydrogen-bond acceptors (Lipinski definition) is 2. The van der Waals surface area contributed by atoms with E-state index in [2.05, 4.69) is 40.7 Å². The summed E-state index contributed by atoms with van der Waals surface area (Å²) in [4.78, 5) is 13.1. The number of carboxylic acids is 1. The first-order valence-corrected chi connectivity index (χ1v) is 7.70. The molecular formula is C16H20BrNO2. The number of anilines is 1. The minimum absolute atomic E-state index is 0.665. The van der Waals surface area contributed by atoms with Gasteiger partial charge in [-0.1, -0.05) is 29.8 Å². The zero-order chi connectivity index (χ0) is 14.7. The minimum Gasteiger partial charge on any atom is -0.478 e. The number of nitrogens with zero attached hydrogens (tertiary/aromatic N) is 1. The van der Waals surface area contributed by atoms with E-state index < -0.39 is 5.97 Å². The first-order chi connectivity index (χ1) is 9.45. The summed E-state index contributed by atoms with van der Waals surface area (Å²) in [6.07, 6.45) is 4.13. The van der Waals surface area contributed by atoms with Crippen LogP contribution >= 0.6 is 15.9 Å². The van der Waals surface area contributed by atoms with Gasteiger partial charge in [-0.25, -0.2) is 4.79 Å². The van der Waals surface area contributed by atoms with Gasteiger partial charge in [0.05, 0.1) is 0 Å². The number of halogens is 1. The summed E-state index contributed by atoms with van der Waals surface area (Å²) in [5, 5.41) is 8.82. The van der Waals surface area contributed by atoms with Crippen LogP contribution in [0.5, 0.6) is 0 Å². The average molecular weight is 338 g/mol. The van der Waals surface area contributed by atoms with Crippen molar-refractivity contribution in [3.63, 3.8) is 0 Å². The van der Waals surface area contributed by atoms with Crippen LogP contribution < -0.4 is 4.90 Å². The van der Waals surface area contributed by atoms with Crippen LogP contribution in [0, 0.1) is 11.8 Å². The lowest BCUT2D eigenvalue weighted by molar-refractivity contribution is -0.131. The molecule has 1 heterocycles. The van der Waals surface area contributed by atoms with Gasteiger partial charge in [-0.2, -0.15) is 0 Å². The number of hydrogen-bond donors (Lipinski definition) is 1. The van der Waals surface area contributed by atoms with Gasteiger partial charge in [-0.05, 0) is 48.1 Å². The number of carboxylic acid groups (broad SMARTS) is 1. The van der Waals surface area contributed by atoms with Crippen molar-refractivity contribution in [3.05, 3.63) is 34.3 Å². The van der Waals surface area contributed by atoms with Gasteiger partial charge in [0.25, 0.3) is 0 Å². The van der Waals surface area contributed by atoms with E-state index in [0.717, 1.165) is 28.8 Å². The van der Waals surface area contributed by atoms with Gasteiger partial charge < -0.3 is 10.0 Å². The molecule has 2 atom stereocenters. The maximum atomic E-state index is 10.7. The van der Waals surface area contributed by atoms with E-state index in [9.17, 15) is 4.79 Å². The van der Waals surface area contributed by atoms with Gasteiger partial charge in [0.15, 0.2) is 0 Å². The van der Waals surface area contributed by atoms with Crippen molar-refractivity contribution in [1.29, 1.82) is 0 Å². The number of benzene rings is 1. The summed E-state index contributed by atoms with van der Waals surface area (Å²) in [6, 6.07) is 6.05. The predicted octanol–water partition coefficient (Wildman–Crippen LogP) is 4.03. The Kier molecular flexibility index (Phi) is 4.86. The van der Waals surface area contributed by atoms with Crippen LogP contribution in [0.3, 0.4) is 0 Å². The maximum Gasteiger partial charge on any atom is 0.328 e. The minimum atomic E-state index is -0.920. The fourth-order valence-electron chi connectivity index (χ4n) is 2.97. The van der Waals surface area contributed by atoms with Crippen molar-refractivity contribution < 1.29 is 9.90 Å². The Balaban J connectivity index is 2.32. The third kappa shape index (κ3) is 3.85. The van der Waals surface area contributed by atoms with Crippen LogP contribution in [0.2, 0.25) is 0 Å². The molecule has 0 spiro atoms. The second kappa shape index (κ2) is 6.44. The Hall–Kier alpha value is -1.29. The molecule has 2 unspecified atom stereocenters. The molecule has 1 aromatic carbocycles. The Labute approximate surface area is 128 Å². The Morgan fingerprint density at radius 3 is 2.60 bits per heavy atom. The molecule has 4 heteroatoms. The highest BCUT2D eigenvalue weighted by atomic mass is 79.9. The van der Waals surface area contributed by atoms with Crippen LogP contribution in [-0.4, -0.2) is 24.2 Å². The lowest BCUT2D eigenvalue weighted by Crippen LogP contribution is -2.39. The smallest absolute Gasteiger partial charge is 0.328 e. The summed E-state index contributed by atoms with van der Waals surface area (Å²) < 4.78 is 0.962. The molecule has 1 aromatic rings. The fraction of sp³-hybridized carbons (Fsp3) is 0.438. The summed E-state index contributed by atoms with van der Waals surface area (Å²) in [5.41, 5.74) is 2.06. The zero-order valence-corrected chi connectivity index (χ0v) is 13.4. The van der Waals surface area contributed by atoms with E-state index in [-0.39, 0.29) is 0 Å². The third-order valence-corrected chi connectivity index (χ3v) is 4.10. The molecule has 0 aromatic heterocycles. The van der Waals surface area contributed by atoms with Gasteiger partial charge in [-0.3, -0.25) is 0 Å². The van der Waals surface area contributed by atoms with Crippen molar-refractivity contribution in [2.75, 3.05) is 18.0 Å². The molecule has 0 bridgehead atoms. The highest BCUT2D eigenvalue weighted by Crippen LogP contribution is 2.31. The van der Waals surface area contributed by atoms with Crippen molar-refractivity contribution in [2.45, 2.75) is 20.3 Å². The monoisotopic (exact) mass is 337 g/mol. The molecule has 0 saturated carbocycles. The molecule has 0 amide bonds. The van der Waals surface area contributed by atoms with Crippen molar-refractivity contribution in [3.8, 4) is 0 Å². The van der Waals surface area contributed by atoms with Crippen LogP contribution in [0.1, 0.15) is 25.8 Å². The molecule has 1 N–H and O–H groups in total. The fourth-order valence-corrected chi connectivity index (χ4v) is 3.35. The molecule has 1 fully saturated rings. The predicted molar refractivity (Wildman–Crippen MR) is 86.0 cm³/mol. The molecule has 20 heavy (non-hydrogen) atoms. The number of piperidine rings is 1. The lowest BCUT2D eigenvalue weighted by atomic mass is 9.91. The maximum absolute atomic E-state index is 10.7. The van der Waals surface area contributed by atoms with Gasteiger partial charge in [0.1, 0.15) is 0 Å². The van der Waals surface area contributed by atoms with E-state index in [1.165, 1.54) is 12.5 Å². The first-order valence-electron chi connectivity index (χ1n) is 6.91. The molecule has 108 valence electrons. The lowest BCUT2D eigenvalue weighted by Gasteiger charge is -2.37. The van der Waals surface area contributed by atoms with Crippen LogP contribution in [0.4, 0.5) is 5.69 Å². The number of aliphatic carboxylic acids is 1. The highest BCUT2D eigenvalue weighted by Gasteiger charge is 2.23. The second-order valence-corrected chi connectivity index (χ2v) is 6.64. The largest absolute Gasteiger partial charge is 0.478 e.